The summed E-state index contributed by atoms with van der Waals surface area (Å²) in [5.74, 6) is 1.03. The summed E-state index contributed by atoms with van der Waals surface area (Å²) in [6, 6.07) is 6.89. The minimum Gasteiger partial charge on any atom is -0.508 e. The van der Waals surface area contributed by atoms with Crippen LogP contribution in [-0.4, -0.2) is 34.5 Å². The van der Waals surface area contributed by atoms with E-state index in [4.69, 9.17) is 5.73 Å². The fourth-order valence-corrected chi connectivity index (χ4v) is 3.87. The lowest BCUT2D eigenvalue weighted by atomic mass is 9.85. The summed E-state index contributed by atoms with van der Waals surface area (Å²) < 4.78 is 0. The van der Waals surface area contributed by atoms with E-state index in [2.05, 4.69) is 0 Å². The van der Waals surface area contributed by atoms with Crippen LogP contribution >= 0.6 is 0 Å². The van der Waals surface area contributed by atoms with Gasteiger partial charge in [0.25, 0.3) is 0 Å². The van der Waals surface area contributed by atoms with Gasteiger partial charge in [-0.25, -0.2) is 0 Å². The van der Waals surface area contributed by atoms with Gasteiger partial charge in [0.15, 0.2) is 0 Å². The van der Waals surface area contributed by atoms with Crippen LogP contribution < -0.4 is 5.73 Å². The fourth-order valence-electron chi connectivity index (χ4n) is 3.87. The Morgan fingerprint density at radius 2 is 1.95 bits per heavy atom. The Balaban J connectivity index is 1.63. The van der Waals surface area contributed by atoms with Crippen molar-refractivity contribution in [3.05, 3.63) is 29.8 Å². The third-order valence-electron chi connectivity index (χ3n) is 5.00. The molecule has 3 rings (SSSR count). The molecule has 2 fully saturated rings. The summed E-state index contributed by atoms with van der Waals surface area (Å²) in [6.45, 7) is 0.872. The van der Waals surface area contributed by atoms with Crippen LogP contribution in [0, 0.1) is 5.92 Å². The first-order valence-electron chi connectivity index (χ1n) is 7.99. The number of rotatable bonds is 3. The molecule has 0 bridgehead atoms. The molecule has 21 heavy (non-hydrogen) atoms. The maximum atomic E-state index is 12.6. The summed E-state index contributed by atoms with van der Waals surface area (Å²) in [7, 11) is 0. The number of fused-ring (bicyclic) bond motifs is 1. The molecule has 114 valence electrons. The van der Waals surface area contributed by atoms with E-state index in [0.717, 1.165) is 24.9 Å². The molecular formula is C17H24N2O2. The van der Waals surface area contributed by atoms with Gasteiger partial charge in [-0.15, -0.1) is 0 Å². The van der Waals surface area contributed by atoms with Crippen molar-refractivity contribution in [1.29, 1.82) is 0 Å². The van der Waals surface area contributed by atoms with Crippen molar-refractivity contribution < 1.29 is 9.90 Å². The highest BCUT2D eigenvalue weighted by molar-refractivity contribution is 5.82. The molecule has 4 nitrogen and oxygen atoms in total. The number of phenolic OH excluding ortho intramolecular Hbond substituents is 1. The predicted octanol–water partition coefficient (Wildman–Crippen LogP) is 2.05. The van der Waals surface area contributed by atoms with Crippen molar-refractivity contribution in [2.75, 3.05) is 6.54 Å². The molecule has 1 amide bonds. The second-order valence-electron chi connectivity index (χ2n) is 6.41. The van der Waals surface area contributed by atoms with Crippen LogP contribution in [0.25, 0.3) is 0 Å². The average molecular weight is 288 g/mol. The quantitative estimate of drug-likeness (QED) is 0.894. The van der Waals surface area contributed by atoms with Gasteiger partial charge in [0.05, 0.1) is 6.04 Å². The Kier molecular flexibility index (Phi) is 4.15. The largest absolute Gasteiger partial charge is 0.508 e. The Bertz CT molecular complexity index is 500. The van der Waals surface area contributed by atoms with Crippen LogP contribution in [0.15, 0.2) is 24.3 Å². The number of carbonyl (C=O) groups is 1. The number of phenols is 1. The van der Waals surface area contributed by atoms with Gasteiger partial charge < -0.3 is 15.7 Å². The van der Waals surface area contributed by atoms with E-state index < -0.39 is 6.04 Å². The Labute approximate surface area is 125 Å². The van der Waals surface area contributed by atoms with E-state index in [1.807, 2.05) is 17.0 Å². The van der Waals surface area contributed by atoms with E-state index in [9.17, 15) is 9.90 Å². The van der Waals surface area contributed by atoms with Crippen molar-refractivity contribution >= 4 is 5.91 Å². The molecule has 3 atom stereocenters. The summed E-state index contributed by atoms with van der Waals surface area (Å²) in [6.07, 6.45) is 6.63. The van der Waals surface area contributed by atoms with Crippen LogP contribution in [0.4, 0.5) is 0 Å². The first kappa shape index (κ1) is 14.4. The van der Waals surface area contributed by atoms with Gasteiger partial charge >= 0.3 is 0 Å². The minimum absolute atomic E-state index is 0.0949. The van der Waals surface area contributed by atoms with E-state index in [1.165, 1.54) is 19.3 Å². The van der Waals surface area contributed by atoms with Crippen LogP contribution in [-0.2, 0) is 11.2 Å². The van der Waals surface area contributed by atoms with E-state index >= 15 is 0 Å². The highest BCUT2D eigenvalue weighted by Gasteiger charge is 2.39. The normalized spacial score (nSPS) is 26.4. The highest BCUT2D eigenvalue weighted by atomic mass is 16.3. The Morgan fingerprint density at radius 1 is 1.24 bits per heavy atom. The molecule has 1 saturated heterocycles. The summed E-state index contributed by atoms with van der Waals surface area (Å²) >= 11 is 0. The van der Waals surface area contributed by atoms with Crippen molar-refractivity contribution in [3.63, 3.8) is 0 Å². The van der Waals surface area contributed by atoms with Crippen molar-refractivity contribution in [3.8, 4) is 5.75 Å². The van der Waals surface area contributed by atoms with Gasteiger partial charge in [-0.2, -0.15) is 0 Å². The molecule has 1 heterocycles. The molecule has 0 spiro atoms. The smallest absolute Gasteiger partial charge is 0.240 e. The molecule has 1 aliphatic carbocycles. The number of nitrogens with zero attached hydrogens (tertiary/aromatic N) is 1. The molecule has 4 heteroatoms. The lowest BCUT2D eigenvalue weighted by Gasteiger charge is -2.33. The second kappa shape index (κ2) is 6.06. The SMILES string of the molecule is N[C@@H](Cc1ccc(O)cc1)C(=O)N1CCC2CCCCC21. The molecule has 1 aromatic rings. The number of hydrogen-bond donors (Lipinski definition) is 2. The average Bonchev–Trinajstić information content (AvgIpc) is 2.92. The van der Waals surface area contributed by atoms with Crippen molar-refractivity contribution in [2.24, 2.45) is 11.7 Å². The number of benzene rings is 1. The molecule has 0 aromatic heterocycles. The standard InChI is InChI=1S/C17H24N2O2/c18-15(11-12-5-7-14(20)8-6-12)17(21)19-10-9-13-3-1-2-4-16(13)19/h5-8,13,15-16,20H,1-4,9-11,18H2/t13?,15-,16?/m0/s1. The van der Waals surface area contributed by atoms with Crippen LogP contribution in [0.1, 0.15) is 37.7 Å². The molecule has 1 aromatic carbocycles. The Hall–Kier alpha value is -1.55. The lowest BCUT2D eigenvalue weighted by molar-refractivity contribution is -0.134. The van der Waals surface area contributed by atoms with E-state index in [0.29, 0.717) is 18.4 Å². The zero-order chi connectivity index (χ0) is 14.8. The van der Waals surface area contributed by atoms with Crippen molar-refractivity contribution in [2.45, 2.75) is 50.6 Å². The highest BCUT2D eigenvalue weighted by Crippen LogP contribution is 2.36. The summed E-state index contributed by atoms with van der Waals surface area (Å²) in [5.41, 5.74) is 7.13. The lowest BCUT2D eigenvalue weighted by Crippen LogP contribution is -2.48. The number of carbonyl (C=O) groups excluding carboxylic acids is 1. The van der Waals surface area contributed by atoms with E-state index in [1.54, 1.807) is 12.1 Å². The number of amides is 1. The first-order valence-corrected chi connectivity index (χ1v) is 7.99. The summed E-state index contributed by atoms with van der Waals surface area (Å²) in [5, 5.41) is 9.30. The van der Waals surface area contributed by atoms with Gasteiger partial charge in [-0.05, 0) is 49.3 Å². The third-order valence-corrected chi connectivity index (χ3v) is 5.00. The zero-order valence-corrected chi connectivity index (χ0v) is 12.4. The number of nitrogens with two attached hydrogens (primary N) is 1. The third kappa shape index (κ3) is 3.05. The molecule has 1 saturated carbocycles. The van der Waals surface area contributed by atoms with Gasteiger partial charge in [0, 0.05) is 12.6 Å². The minimum atomic E-state index is -0.477. The second-order valence-corrected chi connectivity index (χ2v) is 6.41. The predicted molar refractivity (Wildman–Crippen MR) is 81.9 cm³/mol. The van der Waals surface area contributed by atoms with Gasteiger partial charge in [0.1, 0.15) is 5.75 Å². The molecule has 3 N–H and O–H groups in total. The zero-order valence-electron chi connectivity index (χ0n) is 12.4. The van der Waals surface area contributed by atoms with Crippen LogP contribution in [0.5, 0.6) is 5.75 Å². The van der Waals surface area contributed by atoms with E-state index in [-0.39, 0.29) is 11.7 Å². The maximum absolute atomic E-state index is 12.6. The topological polar surface area (TPSA) is 66.6 Å². The first-order chi connectivity index (χ1) is 10.1. The van der Waals surface area contributed by atoms with Crippen molar-refractivity contribution in [1.82, 2.24) is 4.90 Å². The van der Waals surface area contributed by atoms with Crippen LogP contribution in [0.3, 0.4) is 0 Å². The summed E-state index contributed by atoms with van der Waals surface area (Å²) in [4.78, 5) is 14.7. The Morgan fingerprint density at radius 3 is 2.71 bits per heavy atom. The fraction of sp³-hybridized carbons (Fsp3) is 0.588. The number of hydrogen-bond acceptors (Lipinski definition) is 3. The number of likely N-dealkylation sites (tertiary alicyclic amines) is 1. The number of aromatic hydroxyl groups is 1. The van der Waals surface area contributed by atoms with Gasteiger partial charge in [-0.3, -0.25) is 4.79 Å². The molecule has 2 aliphatic rings. The van der Waals surface area contributed by atoms with Gasteiger partial charge in [-0.1, -0.05) is 25.0 Å². The molecular weight excluding hydrogens is 264 g/mol. The van der Waals surface area contributed by atoms with Gasteiger partial charge in [0.2, 0.25) is 5.91 Å². The molecule has 0 radical (unpaired) electrons. The maximum Gasteiger partial charge on any atom is 0.240 e. The molecule has 1 aliphatic heterocycles. The monoisotopic (exact) mass is 288 g/mol. The molecule has 2 unspecified atom stereocenters. The van der Waals surface area contributed by atoms with Crippen LogP contribution in [0.2, 0.25) is 0 Å².